The minimum atomic E-state index is -0.754. The van der Waals surface area contributed by atoms with Gasteiger partial charge in [0, 0.05) is 18.5 Å². The van der Waals surface area contributed by atoms with Crippen molar-refractivity contribution in [2.45, 2.75) is 58.4 Å². The third kappa shape index (κ3) is 8.65. The number of rotatable bonds is 12. The molecule has 0 aliphatic carbocycles. The second kappa shape index (κ2) is 12.9. The van der Waals surface area contributed by atoms with Crippen molar-refractivity contribution < 1.29 is 19.1 Å². The van der Waals surface area contributed by atoms with Crippen LogP contribution >= 0.6 is 0 Å². The highest BCUT2D eigenvalue weighted by Gasteiger charge is 2.22. The van der Waals surface area contributed by atoms with E-state index in [1.165, 1.54) is 0 Å². The maximum Gasteiger partial charge on any atom is 0.328 e. The van der Waals surface area contributed by atoms with Gasteiger partial charge in [0.15, 0.2) is 0 Å². The number of esters is 1. The maximum atomic E-state index is 12.3. The summed E-state index contributed by atoms with van der Waals surface area (Å²) < 4.78 is 5.04. The Bertz CT molecular complexity index is 560. The highest BCUT2D eigenvalue weighted by atomic mass is 16.5. The number of hydrogen-bond donors (Lipinski definition) is 2. The first-order chi connectivity index (χ1) is 12.6. The number of hydrogen-bond acceptors (Lipinski definition) is 4. The molecule has 144 valence electrons. The number of nitrogens with one attached hydrogen (secondary N) is 2. The molecule has 0 fully saturated rings. The van der Waals surface area contributed by atoms with Gasteiger partial charge < -0.3 is 15.4 Å². The normalized spacial score (nSPS) is 11.5. The van der Waals surface area contributed by atoms with Gasteiger partial charge >= 0.3 is 5.97 Å². The summed E-state index contributed by atoms with van der Waals surface area (Å²) in [5.41, 5.74) is 0.482. The molecule has 0 radical (unpaired) electrons. The summed E-state index contributed by atoms with van der Waals surface area (Å²) in [7, 11) is 0. The van der Waals surface area contributed by atoms with Crippen LogP contribution in [0, 0.1) is 0 Å². The molecule has 1 atom stereocenters. The minimum absolute atomic E-state index is 0.0295. The lowest BCUT2D eigenvalue weighted by Gasteiger charge is -2.17. The predicted molar refractivity (Wildman–Crippen MR) is 101 cm³/mol. The molecule has 0 saturated carbocycles. The van der Waals surface area contributed by atoms with Crippen LogP contribution < -0.4 is 10.6 Å². The molecule has 0 saturated heterocycles. The van der Waals surface area contributed by atoms with Gasteiger partial charge in [-0.1, -0.05) is 38.0 Å². The van der Waals surface area contributed by atoms with Gasteiger partial charge in [0.1, 0.15) is 6.04 Å². The van der Waals surface area contributed by atoms with Crippen molar-refractivity contribution in [1.29, 1.82) is 0 Å². The Balaban J connectivity index is 2.47. The molecular formula is C20H30N2O4. The number of carbonyl (C=O) groups excluding carboxylic acids is 3. The van der Waals surface area contributed by atoms with Gasteiger partial charge in [-0.3, -0.25) is 9.59 Å². The van der Waals surface area contributed by atoms with Crippen molar-refractivity contribution >= 4 is 17.8 Å². The van der Waals surface area contributed by atoms with E-state index in [0.29, 0.717) is 31.4 Å². The smallest absolute Gasteiger partial charge is 0.328 e. The van der Waals surface area contributed by atoms with E-state index in [0.717, 1.165) is 19.3 Å². The Kier molecular flexibility index (Phi) is 10.8. The lowest BCUT2D eigenvalue weighted by Crippen LogP contribution is -2.42. The lowest BCUT2D eigenvalue weighted by atomic mass is 10.1. The van der Waals surface area contributed by atoms with Gasteiger partial charge in [-0.15, -0.1) is 0 Å². The molecule has 0 spiro atoms. The molecule has 2 amide bonds. The fourth-order valence-electron chi connectivity index (χ4n) is 2.48. The van der Waals surface area contributed by atoms with Crippen LogP contribution in [0.2, 0.25) is 0 Å². The summed E-state index contributed by atoms with van der Waals surface area (Å²) in [6.45, 7) is 4.76. The van der Waals surface area contributed by atoms with Crippen molar-refractivity contribution in [2.75, 3.05) is 13.2 Å². The summed E-state index contributed by atoms with van der Waals surface area (Å²) in [6, 6.07) is 7.95. The summed E-state index contributed by atoms with van der Waals surface area (Å²) in [4.78, 5) is 36.2. The van der Waals surface area contributed by atoms with Crippen molar-refractivity contribution in [2.24, 2.45) is 0 Å². The average Bonchev–Trinajstić information content (AvgIpc) is 2.65. The average molecular weight is 362 g/mol. The van der Waals surface area contributed by atoms with E-state index in [9.17, 15) is 14.4 Å². The van der Waals surface area contributed by atoms with Crippen molar-refractivity contribution in [3.8, 4) is 0 Å². The molecule has 6 heteroatoms. The predicted octanol–water partition coefficient (Wildman–Crippen LogP) is 2.82. The van der Waals surface area contributed by atoms with Crippen molar-refractivity contribution in [3.05, 3.63) is 35.9 Å². The molecule has 0 unspecified atom stereocenters. The first-order valence-corrected chi connectivity index (χ1v) is 9.37. The van der Waals surface area contributed by atoms with Crippen LogP contribution in [0.4, 0.5) is 0 Å². The zero-order valence-corrected chi connectivity index (χ0v) is 15.8. The summed E-state index contributed by atoms with van der Waals surface area (Å²) in [5, 5.41) is 5.58. The van der Waals surface area contributed by atoms with Crippen LogP contribution in [-0.4, -0.2) is 37.0 Å². The zero-order chi connectivity index (χ0) is 19.2. The van der Waals surface area contributed by atoms with Crippen LogP contribution in [-0.2, 0) is 14.3 Å². The molecule has 0 aliphatic heterocycles. The van der Waals surface area contributed by atoms with Gasteiger partial charge in [0.25, 0.3) is 5.91 Å². The molecule has 0 heterocycles. The van der Waals surface area contributed by atoms with E-state index in [2.05, 4.69) is 17.6 Å². The lowest BCUT2D eigenvalue weighted by molar-refractivity contribution is -0.145. The third-order valence-electron chi connectivity index (χ3n) is 3.91. The summed E-state index contributed by atoms with van der Waals surface area (Å²) in [5.74, 6) is -0.828. The monoisotopic (exact) mass is 362 g/mol. The molecule has 2 N–H and O–H groups in total. The highest BCUT2D eigenvalue weighted by molar-refractivity contribution is 5.96. The highest BCUT2D eigenvalue weighted by Crippen LogP contribution is 2.06. The standard InChI is InChI=1S/C20H30N2O4/c1-3-5-9-15-21-18(23)14-10-13-17(20(25)26-4-2)22-19(24)16-11-7-6-8-12-16/h6-8,11-12,17H,3-5,9-10,13-15H2,1-2H3,(H,21,23)(H,22,24)/t17-/m1/s1. The zero-order valence-electron chi connectivity index (χ0n) is 15.8. The second-order valence-corrected chi connectivity index (χ2v) is 6.09. The Morgan fingerprint density at radius 3 is 2.42 bits per heavy atom. The Hall–Kier alpha value is -2.37. The Morgan fingerprint density at radius 1 is 1.04 bits per heavy atom. The fourth-order valence-corrected chi connectivity index (χ4v) is 2.48. The Labute approximate surface area is 155 Å². The summed E-state index contributed by atoms with van der Waals surface area (Å²) >= 11 is 0. The first-order valence-electron chi connectivity index (χ1n) is 9.37. The number of unbranched alkanes of at least 4 members (excludes halogenated alkanes) is 2. The number of amides is 2. The quantitative estimate of drug-likeness (QED) is 0.442. The van der Waals surface area contributed by atoms with E-state index in [4.69, 9.17) is 4.74 Å². The van der Waals surface area contributed by atoms with Crippen LogP contribution in [0.5, 0.6) is 0 Å². The summed E-state index contributed by atoms with van der Waals surface area (Å²) in [6.07, 6.45) is 4.36. The Morgan fingerprint density at radius 2 is 1.77 bits per heavy atom. The van der Waals surface area contributed by atoms with Crippen LogP contribution in [0.3, 0.4) is 0 Å². The molecule has 0 aromatic heterocycles. The number of carbonyl (C=O) groups is 3. The van der Waals surface area contributed by atoms with Gasteiger partial charge in [-0.05, 0) is 38.3 Å². The molecule has 6 nitrogen and oxygen atoms in total. The fraction of sp³-hybridized carbons (Fsp3) is 0.550. The van der Waals surface area contributed by atoms with E-state index >= 15 is 0 Å². The molecule has 1 rings (SSSR count). The van der Waals surface area contributed by atoms with Gasteiger partial charge in [-0.2, -0.15) is 0 Å². The number of ether oxygens (including phenoxy) is 1. The molecule has 0 bridgehead atoms. The van der Waals surface area contributed by atoms with E-state index in [1.54, 1.807) is 31.2 Å². The maximum absolute atomic E-state index is 12.3. The topological polar surface area (TPSA) is 84.5 Å². The van der Waals surface area contributed by atoms with E-state index in [-0.39, 0.29) is 18.4 Å². The first kappa shape index (κ1) is 21.7. The minimum Gasteiger partial charge on any atom is -0.464 e. The van der Waals surface area contributed by atoms with Crippen LogP contribution in [0.15, 0.2) is 30.3 Å². The number of benzene rings is 1. The van der Waals surface area contributed by atoms with Gasteiger partial charge in [0.2, 0.25) is 5.91 Å². The SMILES string of the molecule is CCCCCNC(=O)CCC[C@@H](NC(=O)c1ccccc1)C(=O)OCC. The molecule has 1 aromatic carbocycles. The van der Waals surface area contributed by atoms with Crippen molar-refractivity contribution in [3.63, 3.8) is 0 Å². The van der Waals surface area contributed by atoms with Crippen molar-refractivity contribution in [1.82, 2.24) is 10.6 Å². The van der Waals surface area contributed by atoms with Crippen LogP contribution in [0.1, 0.15) is 62.7 Å². The second-order valence-electron chi connectivity index (χ2n) is 6.09. The van der Waals surface area contributed by atoms with Gasteiger partial charge in [0.05, 0.1) is 6.61 Å². The van der Waals surface area contributed by atoms with E-state index < -0.39 is 12.0 Å². The van der Waals surface area contributed by atoms with E-state index in [1.807, 2.05) is 6.07 Å². The largest absolute Gasteiger partial charge is 0.464 e. The van der Waals surface area contributed by atoms with Gasteiger partial charge in [-0.25, -0.2) is 4.79 Å². The molecule has 26 heavy (non-hydrogen) atoms. The molecule has 0 aliphatic rings. The van der Waals surface area contributed by atoms with Crippen LogP contribution in [0.25, 0.3) is 0 Å². The molecule has 1 aromatic rings. The molecular weight excluding hydrogens is 332 g/mol. The third-order valence-corrected chi connectivity index (χ3v) is 3.91.